The third kappa shape index (κ3) is 3.66. The van der Waals surface area contributed by atoms with Gasteiger partial charge >= 0.3 is 0 Å². The SMILES string of the molecule is O=C[C@H](OCO)[C@@H](O)[C@H](O)[C@H](O)CO. The molecule has 0 fully saturated rings. The number of ether oxygens (including phenoxy) is 1. The minimum Gasteiger partial charge on any atom is -0.394 e. The Labute approximate surface area is 80.2 Å². The number of carbonyl (C=O) groups excluding carboxylic acids is 1. The summed E-state index contributed by atoms with van der Waals surface area (Å²) < 4.78 is 4.35. The summed E-state index contributed by atoms with van der Waals surface area (Å²) in [5.74, 6) is 0. The van der Waals surface area contributed by atoms with E-state index in [1.807, 2.05) is 0 Å². The standard InChI is InChI=1S/C7H14O7/c8-1-4(11)6(12)7(13)5(2-9)14-3-10/h2,4-8,10-13H,1,3H2/t4-,5+,6-,7-/m1/s1. The average molecular weight is 210 g/mol. The number of rotatable bonds is 7. The Kier molecular flexibility index (Phi) is 6.54. The quantitative estimate of drug-likeness (QED) is 0.219. The molecule has 0 radical (unpaired) electrons. The highest BCUT2D eigenvalue weighted by molar-refractivity contribution is 5.57. The van der Waals surface area contributed by atoms with E-state index in [9.17, 15) is 9.90 Å². The molecule has 14 heavy (non-hydrogen) atoms. The molecule has 0 rings (SSSR count). The van der Waals surface area contributed by atoms with E-state index in [1.165, 1.54) is 0 Å². The van der Waals surface area contributed by atoms with Gasteiger partial charge in [0.2, 0.25) is 0 Å². The lowest BCUT2D eigenvalue weighted by Crippen LogP contribution is -2.47. The molecule has 0 spiro atoms. The second-order valence-electron chi connectivity index (χ2n) is 2.63. The number of aliphatic hydroxyl groups excluding tert-OH is 5. The zero-order chi connectivity index (χ0) is 11.1. The maximum Gasteiger partial charge on any atom is 0.151 e. The second-order valence-corrected chi connectivity index (χ2v) is 2.63. The van der Waals surface area contributed by atoms with Gasteiger partial charge in [0.25, 0.3) is 0 Å². The van der Waals surface area contributed by atoms with Crippen molar-refractivity contribution >= 4 is 6.29 Å². The van der Waals surface area contributed by atoms with E-state index in [2.05, 4.69) is 4.74 Å². The Bertz CT molecular complexity index is 162. The van der Waals surface area contributed by atoms with E-state index in [0.717, 1.165) is 0 Å². The highest BCUT2D eigenvalue weighted by Gasteiger charge is 2.31. The number of aliphatic hydroxyl groups is 5. The Morgan fingerprint density at radius 3 is 2.07 bits per heavy atom. The van der Waals surface area contributed by atoms with E-state index < -0.39 is 37.8 Å². The van der Waals surface area contributed by atoms with Gasteiger partial charge in [-0.15, -0.1) is 0 Å². The first-order chi connectivity index (χ1) is 6.58. The summed E-state index contributed by atoms with van der Waals surface area (Å²) in [5, 5.41) is 44.0. The van der Waals surface area contributed by atoms with Crippen molar-refractivity contribution in [2.45, 2.75) is 24.4 Å². The first-order valence-corrected chi connectivity index (χ1v) is 3.91. The predicted molar refractivity (Wildman–Crippen MR) is 43.1 cm³/mol. The molecule has 0 aliphatic rings. The third-order valence-electron chi connectivity index (χ3n) is 1.67. The molecular weight excluding hydrogens is 196 g/mol. The molecular formula is C7H14O7. The normalized spacial score (nSPS) is 19.8. The summed E-state index contributed by atoms with van der Waals surface area (Å²) in [7, 11) is 0. The molecule has 0 aliphatic heterocycles. The highest BCUT2D eigenvalue weighted by atomic mass is 16.6. The van der Waals surface area contributed by atoms with Crippen LogP contribution in [0.15, 0.2) is 0 Å². The van der Waals surface area contributed by atoms with Gasteiger partial charge in [0.1, 0.15) is 31.2 Å². The largest absolute Gasteiger partial charge is 0.394 e. The van der Waals surface area contributed by atoms with Crippen LogP contribution in [0.25, 0.3) is 0 Å². The predicted octanol–water partition coefficient (Wildman–Crippen LogP) is -3.40. The van der Waals surface area contributed by atoms with Crippen molar-refractivity contribution in [3.8, 4) is 0 Å². The van der Waals surface area contributed by atoms with Crippen LogP contribution in [0.5, 0.6) is 0 Å². The van der Waals surface area contributed by atoms with Gasteiger partial charge < -0.3 is 35.1 Å². The monoisotopic (exact) mass is 210 g/mol. The van der Waals surface area contributed by atoms with Crippen LogP contribution in [0.4, 0.5) is 0 Å². The van der Waals surface area contributed by atoms with E-state index in [1.54, 1.807) is 0 Å². The fourth-order valence-corrected chi connectivity index (χ4v) is 0.834. The molecule has 0 aromatic carbocycles. The summed E-state index contributed by atoms with van der Waals surface area (Å²) in [5.41, 5.74) is 0. The van der Waals surface area contributed by atoms with Gasteiger partial charge in [0, 0.05) is 0 Å². The van der Waals surface area contributed by atoms with Crippen molar-refractivity contribution < 1.29 is 35.1 Å². The number of hydrogen-bond donors (Lipinski definition) is 5. The first-order valence-electron chi connectivity index (χ1n) is 3.91. The van der Waals surface area contributed by atoms with Crippen molar-refractivity contribution in [1.29, 1.82) is 0 Å². The van der Waals surface area contributed by atoms with Crippen LogP contribution in [0.2, 0.25) is 0 Å². The third-order valence-corrected chi connectivity index (χ3v) is 1.67. The molecule has 4 atom stereocenters. The van der Waals surface area contributed by atoms with Gasteiger partial charge in [0.05, 0.1) is 6.61 Å². The molecule has 0 aliphatic carbocycles. The van der Waals surface area contributed by atoms with Crippen LogP contribution < -0.4 is 0 Å². The molecule has 0 bridgehead atoms. The Balaban J connectivity index is 4.25. The lowest BCUT2D eigenvalue weighted by atomic mass is 10.0. The van der Waals surface area contributed by atoms with E-state index in [0.29, 0.717) is 0 Å². The summed E-state index contributed by atoms with van der Waals surface area (Å²) in [6.45, 7) is -1.56. The molecule has 5 N–H and O–H groups in total. The van der Waals surface area contributed by atoms with Gasteiger partial charge in [0.15, 0.2) is 6.29 Å². The minimum absolute atomic E-state index is 0.175. The molecule has 0 amide bonds. The lowest BCUT2D eigenvalue weighted by molar-refractivity contribution is -0.160. The molecule has 0 aromatic heterocycles. The van der Waals surface area contributed by atoms with Crippen LogP contribution in [0.3, 0.4) is 0 Å². The lowest BCUT2D eigenvalue weighted by Gasteiger charge is -2.24. The van der Waals surface area contributed by atoms with Gasteiger partial charge in [-0.05, 0) is 0 Å². The van der Waals surface area contributed by atoms with Gasteiger partial charge in [-0.1, -0.05) is 0 Å². The van der Waals surface area contributed by atoms with E-state index in [-0.39, 0.29) is 6.29 Å². The van der Waals surface area contributed by atoms with Crippen molar-refractivity contribution in [2.24, 2.45) is 0 Å². The molecule has 0 saturated carbocycles. The van der Waals surface area contributed by atoms with E-state index >= 15 is 0 Å². The summed E-state index contributed by atoms with van der Waals surface area (Å²) in [4.78, 5) is 10.3. The Hall–Kier alpha value is -0.570. The number of hydrogen-bond acceptors (Lipinski definition) is 7. The molecule has 84 valence electrons. The smallest absolute Gasteiger partial charge is 0.151 e. The summed E-state index contributed by atoms with van der Waals surface area (Å²) in [6, 6.07) is 0. The summed E-state index contributed by atoms with van der Waals surface area (Å²) >= 11 is 0. The van der Waals surface area contributed by atoms with Crippen molar-refractivity contribution in [3.63, 3.8) is 0 Å². The highest BCUT2D eigenvalue weighted by Crippen LogP contribution is 2.06. The van der Waals surface area contributed by atoms with Gasteiger partial charge in [-0.3, -0.25) is 0 Å². The van der Waals surface area contributed by atoms with Crippen molar-refractivity contribution in [3.05, 3.63) is 0 Å². The topological polar surface area (TPSA) is 127 Å². The van der Waals surface area contributed by atoms with Gasteiger partial charge in [-0.2, -0.15) is 0 Å². The summed E-state index contributed by atoms with van der Waals surface area (Å²) in [6.07, 6.45) is -6.27. The molecule has 0 saturated heterocycles. The van der Waals surface area contributed by atoms with Crippen molar-refractivity contribution in [1.82, 2.24) is 0 Å². The fourth-order valence-electron chi connectivity index (χ4n) is 0.834. The Morgan fingerprint density at radius 1 is 1.14 bits per heavy atom. The molecule has 0 heterocycles. The van der Waals surface area contributed by atoms with Crippen LogP contribution in [0.1, 0.15) is 0 Å². The van der Waals surface area contributed by atoms with Crippen LogP contribution in [0, 0.1) is 0 Å². The second kappa shape index (κ2) is 6.82. The zero-order valence-electron chi connectivity index (χ0n) is 7.35. The Morgan fingerprint density at radius 2 is 1.71 bits per heavy atom. The first kappa shape index (κ1) is 13.4. The average Bonchev–Trinajstić information content (AvgIpc) is 2.22. The molecule has 0 aromatic rings. The van der Waals surface area contributed by atoms with Crippen molar-refractivity contribution in [2.75, 3.05) is 13.4 Å². The zero-order valence-corrected chi connectivity index (χ0v) is 7.35. The molecule has 7 nitrogen and oxygen atoms in total. The van der Waals surface area contributed by atoms with Crippen LogP contribution in [-0.4, -0.2) is 69.6 Å². The maximum atomic E-state index is 10.3. The minimum atomic E-state index is -1.72. The fraction of sp³-hybridized carbons (Fsp3) is 0.857. The van der Waals surface area contributed by atoms with E-state index in [4.69, 9.17) is 20.4 Å². The molecule has 7 heteroatoms. The number of carbonyl (C=O) groups is 1. The number of aldehydes is 1. The maximum absolute atomic E-state index is 10.3. The van der Waals surface area contributed by atoms with Gasteiger partial charge in [-0.25, -0.2) is 0 Å². The molecule has 0 unspecified atom stereocenters. The van der Waals surface area contributed by atoms with Crippen LogP contribution in [-0.2, 0) is 9.53 Å². The van der Waals surface area contributed by atoms with Crippen LogP contribution >= 0.6 is 0 Å².